The zero-order valence-electron chi connectivity index (χ0n) is 12.9. The molecule has 3 heteroatoms. The van der Waals surface area contributed by atoms with Crippen LogP contribution in [0.4, 0.5) is 0 Å². The molecule has 0 aliphatic heterocycles. The van der Waals surface area contributed by atoms with Gasteiger partial charge in [0, 0.05) is 0 Å². The fraction of sp³-hybridized carbons (Fsp3) is 0.812. The first-order valence-corrected chi connectivity index (χ1v) is 7.87. The third kappa shape index (κ3) is 12.0. The first-order valence-electron chi connectivity index (χ1n) is 7.87. The van der Waals surface area contributed by atoms with Crippen LogP contribution < -0.4 is 5.32 Å². The molecule has 0 unspecified atom stereocenters. The number of hydrogen-bond donors (Lipinski definition) is 1. The monoisotopic (exact) mass is 268 g/mol. The molecule has 0 spiro atoms. The Hall–Kier alpha value is -0.830. The summed E-state index contributed by atoms with van der Waals surface area (Å²) in [6, 6.07) is 0. The normalized spacial score (nSPS) is 10.7. The Labute approximate surface area is 119 Å². The Kier molecular flexibility index (Phi) is 13.0. The third-order valence-electron chi connectivity index (χ3n) is 3.32. The predicted octanol–water partition coefficient (Wildman–Crippen LogP) is 3.71. The zero-order valence-corrected chi connectivity index (χ0v) is 12.9. The van der Waals surface area contributed by atoms with E-state index in [1.807, 2.05) is 0 Å². The van der Waals surface area contributed by atoms with Gasteiger partial charge in [-0.2, -0.15) is 0 Å². The van der Waals surface area contributed by atoms with Crippen molar-refractivity contribution in [3.8, 4) is 0 Å². The standard InChI is InChI=1S/C16H32N2O/c1-4-7-9-11-13-18(14-12-10-8-5-2)15-17-16(19)6-3/h6H,3-5,7-15H2,1-2H3,(H,17,19). The minimum Gasteiger partial charge on any atom is -0.340 e. The van der Waals surface area contributed by atoms with Crippen molar-refractivity contribution in [2.75, 3.05) is 19.8 Å². The maximum Gasteiger partial charge on any atom is 0.244 e. The average Bonchev–Trinajstić information content (AvgIpc) is 2.44. The van der Waals surface area contributed by atoms with Gasteiger partial charge in [0.1, 0.15) is 0 Å². The molecule has 0 radical (unpaired) electrons. The lowest BCUT2D eigenvalue weighted by atomic mass is 10.2. The Morgan fingerprint density at radius 1 is 1.00 bits per heavy atom. The molecule has 0 atom stereocenters. The van der Waals surface area contributed by atoms with Crippen LogP contribution in [-0.4, -0.2) is 30.6 Å². The second kappa shape index (κ2) is 13.6. The summed E-state index contributed by atoms with van der Waals surface area (Å²) in [7, 11) is 0. The van der Waals surface area contributed by atoms with Crippen LogP contribution in [0.15, 0.2) is 12.7 Å². The minimum atomic E-state index is -0.0767. The van der Waals surface area contributed by atoms with E-state index in [1.165, 1.54) is 57.4 Å². The lowest BCUT2D eigenvalue weighted by molar-refractivity contribution is -0.117. The van der Waals surface area contributed by atoms with Crippen molar-refractivity contribution in [3.05, 3.63) is 12.7 Å². The summed E-state index contributed by atoms with van der Waals surface area (Å²) in [6.45, 7) is 10.8. The summed E-state index contributed by atoms with van der Waals surface area (Å²) in [5.74, 6) is -0.0767. The highest BCUT2D eigenvalue weighted by molar-refractivity contribution is 5.86. The lowest BCUT2D eigenvalue weighted by Crippen LogP contribution is -2.38. The summed E-state index contributed by atoms with van der Waals surface area (Å²) in [5.41, 5.74) is 0. The molecule has 0 aromatic heterocycles. The summed E-state index contributed by atoms with van der Waals surface area (Å²) in [4.78, 5) is 13.6. The lowest BCUT2D eigenvalue weighted by Gasteiger charge is -2.22. The largest absolute Gasteiger partial charge is 0.340 e. The molecule has 0 aliphatic carbocycles. The Bertz CT molecular complexity index is 217. The maximum atomic E-state index is 11.2. The number of hydrogen-bond acceptors (Lipinski definition) is 2. The van der Waals surface area contributed by atoms with E-state index in [-0.39, 0.29) is 5.91 Å². The van der Waals surface area contributed by atoms with E-state index in [0.717, 1.165) is 13.1 Å². The highest BCUT2D eigenvalue weighted by Gasteiger charge is 2.05. The van der Waals surface area contributed by atoms with Crippen molar-refractivity contribution in [2.24, 2.45) is 0 Å². The van der Waals surface area contributed by atoms with Crippen LogP contribution in [0.1, 0.15) is 65.2 Å². The van der Waals surface area contributed by atoms with Crippen LogP contribution in [0, 0.1) is 0 Å². The van der Waals surface area contributed by atoms with Crippen molar-refractivity contribution in [2.45, 2.75) is 65.2 Å². The Balaban J connectivity index is 3.84. The molecule has 0 saturated heterocycles. The summed E-state index contributed by atoms with van der Waals surface area (Å²) in [5, 5.41) is 2.88. The van der Waals surface area contributed by atoms with Gasteiger partial charge < -0.3 is 5.32 Å². The van der Waals surface area contributed by atoms with Crippen molar-refractivity contribution in [1.29, 1.82) is 0 Å². The van der Waals surface area contributed by atoms with Crippen LogP contribution in [0.2, 0.25) is 0 Å². The number of amides is 1. The van der Waals surface area contributed by atoms with E-state index in [9.17, 15) is 4.79 Å². The molecule has 0 aromatic rings. The quantitative estimate of drug-likeness (QED) is 0.314. The molecule has 0 heterocycles. The number of carbonyl (C=O) groups is 1. The smallest absolute Gasteiger partial charge is 0.244 e. The van der Waals surface area contributed by atoms with Gasteiger partial charge in [-0.25, -0.2) is 0 Å². The van der Waals surface area contributed by atoms with E-state index < -0.39 is 0 Å². The number of nitrogens with zero attached hydrogens (tertiary/aromatic N) is 1. The van der Waals surface area contributed by atoms with E-state index >= 15 is 0 Å². The van der Waals surface area contributed by atoms with E-state index in [0.29, 0.717) is 6.67 Å². The summed E-state index contributed by atoms with van der Waals surface area (Å²) in [6.07, 6.45) is 11.5. The predicted molar refractivity (Wildman–Crippen MR) is 83.1 cm³/mol. The molecule has 0 aromatic carbocycles. The van der Waals surface area contributed by atoms with Gasteiger partial charge >= 0.3 is 0 Å². The Morgan fingerprint density at radius 3 is 1.95 bits per heavy atom. The molecule has 0 bridgehead atoms. The molecule has 1 N–H and O–H groups in total. The third-order valence-corrected chi connectivity index (χ3v) is 3.32. The van der Waals surface area contributed by atoms with E-state index in [4.69, 9.17) is 0 Å². The van der Waals surface area contributed by atoms with Crippen molar-refractivity contribution in [1.82, 2.24) is 10.2 Å². The molecule has 112 valence electrons. The van der Waals surface area contributed by atoms with E-state index in [2.05, 4.69) is 30.6 Å². The average molecular weight is 268 g/mol. The fourth-order valence-corrected chi connectivity index (χ4v) is 2.06. The minimum absolute atomic E-state index is 0.0767. The molecule has 19 heavy (non-hydrogen) atoms. The van der Waals surface area contributed by atoms with Gasteiger partial charge in [-0.05, 0) is 32.0 Å². The summed E-state index contributed by atoms with van der Waals surface area (Å²) >= 11 is 0. The van der Waals surface area contributed by atoms with Gasteiger partial charge in [-0.1, -0.05) is 59.0 Å². The van der Waals surface area contributed by atoms with E-state index in [1.54, 1.807) is 0 Å². The molecule has 0 rings (SSSR count). The van der Waals surface area contributed by atoms with Gasteiger partial charge in [0.2, 0.25) is 5.91 Å². The second-order valence-electron chi connectivity index (χ2n) is 5.14. The molecular weight excluding hydrogens is 236 g/mol. The fourth-order valence-electron chi connectivity index (χ4n) is 2.06. The van der Waals surface area contributed by atoms with Crippen molar-refractivity contribution >= 4 is 5.91 Å². The molecule has 0 fully saturated rings. The molecule has 1 amide bonds. The van der Waals surface area contributed by atoms with Crippen LogP contribution in [-0.2, 0) is 4.79 Å². The van der Waals surface area contributed by atoms with Crippen LogP contribution in [0.25, 0.3) is 0 Å². The van der Waals surface area contributed by atoms with Gasteiger partial charge in [0.05, 0.1) is 6.67 Å². The highest BCUT2D eigenvalue weighted by Crippen LogP contribution is 2.04. The topological polar surface area (TPSA) is 32.3 Å². The molecular formula is C16H32N2O. The maximum absolute atomic E-state index is 11.2. The van der Waals surface area contributed by atoms with Crippen LogP contribution in [0.5, 0.6) is 0 Å². The van der Waals surface area contributed by atoms with Crippen molar-refractivity contribution < 1.29 is 4.79 Å². The highest BCUT2D eigenvalue weighted by atomic mass is 16.1. The van der Waals surface area contributed by atoms with Crippen LogP contribution in [0.3, 0.4) is 0 Å². The molecule has 0 saturated carbocycles. The number of carbonyl (C=O) groups excluding carboxylic acids is 1. The van der Waals surface area contributed by atoms with Crippen molar-refractivity contribution in [3.63, 3.8) is 0 Å². The van der Waals surface area contributed by atoms with Gasteiger partial charge in [0.25, 0.3) is 0 Å². The van der Waals surface area contributed by atoms with Crippen LogP contribution >= 0.6 is 0 Å². The first-order chi connectivity index (χ1) is 9.24. The molecule has 0 aliphatic rings. The zero-order chi connectivity index (χ0) is 14.3. The van der Waals surface area contributed by atoms with Gasteiger partial charge in [0.15, 0.2) is 0 Å². The number of rotatable bonds is 13. The number of nitrogens with one attached hydrogen (secondary N) is 1. The molecule has 3 nitrogen and oxygen atoms in total. The Morgan fingerprint density at radius 2 is 1.53 bits per heavy atom. The van der Waals surface area contributed by atoms with Gasteiger partial charge in [-0.3, -0.25) is 9.69 Å². The second-order valence-corrected chi connectivity index (χ2v) is 5.14. The SMILES string of the molecule is C=CC(=O)NCN(CCCCCC)CCCCCC. The first kappa shape index (κ1) is 18.2. The number of unbranched alkanes of at least 4 members (excludes halogenated alkanes) is 6. The van der Waals surface area contributed by atoms with Gasteiger partial charge in [-0.15, -0.1) is 0 Å². The summed E-state index contributed by atoms with van der Waals surface area (Å²) < 4.78 is 0.